The molecule has 0 aliphatic carbocycles. The molecule has 0 saturated heterocycles. The van der Waals surface area contributed by atoms with Crippen LogP contribution < -0.4 is 0 Å². The Morgan fingerprint density at radius 1 is 1.15 bits per heavy atom. The third-order valence-electron chi connectivity index (χ3n) is 4.06. The number of hydrogen-bond acceptors (Lipinski definition) is 2. The van der Waals surface area contributed by atoms with Gasteiger partial charge >= 0.3 is 18.3 Å². The molecule has 0 spiro atoms. The minimum absolute atomic E-state index is 0.000935. The Balaban J connectivity index is 3.50. The van der Waals surface area contributed by atoms with Gasteiger partial charge in [-0.3, -0.25) is 4.99 Å². The second-order valence-corrected chi connectivity index (χ2v) is 6.33. The SMILES string of the molecule is CC[C@H](C)C(CBr)(/N=C/c1cc(C(F)(F)F)cc(C(F)(F)F)c1)C(=O)O. The van der Waals surface area contributed by atoms with E-state index in [0.717, 1.165) is 6.21 Å². The summed E-state index contributed by atoms with van der Waals surface area (Å²) in [5, 5.41) is 9.32. The summed E-state index contributed by atoms with van der Waals surface area (Å²) in [7, 11) is 0. The molecule has 0 heterocycles. The first-order chi connectivity index (χ1) is 11.8. The molecule has 26 heavy (non-hydrogen) atoms. The van der Waals surface area contributed by atoms with Crippen molar-refractivity contribution in [3.05, 3.63) is 34.9 Å². The van der Waals surface area contributed by atoms with E-state index in [0.29, 0.717) is 18.6 Å². The largest absolute Gasteiger partial charge is 0.479 e. The summed E-state index contributed by atoms with van der Waals surface area (Å²) in [4.78, 5) is 15.5. The van der Waals surface area contributed by atoms with E-state index in [-0.39, 0.29) is 11.4 Å². The lowest BCUT2D eigenvalue weighted by Gasteiger charge is -2.29. The highest BCUT2D eigenvalue weighted by atomic mass is 79.9. The number of aliphatic carboxylic acids is 1. The van der Waals surface area contributed by atoms with Gasteiger partial charge in [-0.05, 0) is 29.7 Å². The van der Waals surface area contributed by atoms with Gasteiger partial charge in [0.25, 0.3) is 0 Å². The third-order valence-corrected chi connectivity index (χ3v) is 4.91. The van der Waals surface area contributed by atoms with Gasteiger partial charge in [-0.2, -0.15) is 26.3 Å². The minimum atomic E-state index is -4.99. The van der Waals surface area contributed by atoms with Crippen molar-refractivity contribution in [2.45, 2.75) is 38.2 Å². The Labute approximate surface area is 154 Å². The molecule has 2 atom stereocenters. The first-order valence-electron chi connectivity index (χ1n) is 7.42. The number of alkyl halides is 7. The van der Waals surface area contributed by atoms with Gasteiger partial charge in [0, 0.05) is 11.5 Å². The van der Waals surface area contributed by atoms with Crippen LogP contribution in [0.3, 0.4) is 0 Å². The summed E-state index contributed by atoms with van der Waals surface area (Å²) < 4.78 is 77.2. The van der Waals surface area contributed by atoms with E-state index in [1.807, 2.05) is 0 Å². The number of carboxylic acid groups (broad SMARTS) is 1. The normalized spacial score (nSPS) is 16.5. The van der Waals surface area contributed by atoms with E-state index in [1.165, 1.54) is 0 Å². The number of hydrogen-bond donors (Lipinski definition) is 1. The molecule has 1 rings (SSSR count). The average molecular weight is 448 g/mol. The summed E-state index contributed by atoms with van der Waals surface area (Å²) in [6.07, 6.45) is -8.84. The maximum atomic E-state index is 12.9. The Kier molecular flexibility index (Phi) is 6.89. The number of rotatable bonds is 6. The predicted molar refractivity (Wildman–Crippen MR) is 87.7 cm³/mol. The predicted octanol–water partition coefficient (Wildman–Crippen LogP) is 5.41. The molecule has 0 aliphatic heterocycles. The second kappa shape index (κ2) is 7.98. The summed E-state index contributed by atoms with van der Waals surface area (Å²) in [5.41, 5.74) is -5.17. The summed E-state index contributed by atoms with van der Waals surface area (Å²) in [6, 6.07) is 0.993. The van der Waals surface area contributed by atoms with Gasteiger partial charge in [-0.15, -0.1) is 0 Å². The Morgan fingerprint density at radius 3 is 1.92 bits per heavy atom. The second-order valence-electron chi connectivity index (χ2n) is 5.77. The van der Waals surface area contributed by atoms with Crippen molar-refractivity contribution in [1.82, 2.24) is 0 Å². The highest BCUT2D eigenvalue weighted by Crippen LogP contribution is 2.36. The van der Waals surface area contributed by atoms with Gasteiger partial charge in [-0.1, -0.05) is 36.2 Å². The molecule has 0 aromatic heterocycles. The topological polar surface area (TPSA) is 49.7 Å². The summed E-state index contributed by atoms with van der Waals surface area (Å²) in [6.45, 7) is 3.28. The molecular formula is C16H16BrF6NO2. The van der Waals surface area contributed by atoms with Crippen molar-refractivity contribution in [2.75, 3.05) is 5.33 Å². The molecule has 3 nitrogen and oxygen atoms in total. The van der Waals surface area contributed by atoms with Crippen LogP contribution in [0.15, 0.2) is 23.2 Å². The van der Waals surface area contributed by atoms with E-state index >= 15 is 0 Å². The fourth-order valence-corrected chi connectivity index (χ4v) is 3.13. The third kappa shape index (κ3) is 4.99. The van der Waals surface area contributed by atoms with Gasteiger partial charge in [-0.25, -0.2) is 4.79 Å². The molecule has 1 N–H and O–H groups in total. The Morgan fingerprint density at radius 2 is 1.62 bits per heavy atom. The summed E-state index contributed by atoms with van der Waals surface area (Å²) in [5.74, 6) is -1.84. The number of aliphatic imine (C=N–C) groups is 1. The maximum absolute atomic E-state index is 12.9. The van der Waals surface area contributed by atoms with Crippen molar-refractivity contribution < 1.29 is 36.2 Å². The first kappa shape index (κ1) is 22.5. The zero-order chi connectivity index (χ0) is 20.3. The number of nitrogens with zero attached hydrogens (tertiary/aromatic N) is 1. The number of halogens is 7. The number of carboxylic acids is 1. The molecule has 1 unspecified atom stereocenters. The number of benzene rings is 1. The Hall–Kier alpha value is -1.58. The van der Waals surface area contributed by atoms with E-state index in [1.54, 1.807) is 13.8 Å². The van der Waals surface area contributed by atoms with Crippen LogP contribution in [-0.4, -0.2) is 28.2 Å². The van der Waals surface area contributed by atoms with Crippen molar-refractivity contribution in [3.8, 4) is 0 Å². The van der Waals surface area contributed by atoms with Gasteiger partial charge < -0.3 is 5.11 Å². The molecule has 0 saturated carbocycles. The lowest BCUT2D eigenvalue weighted by molar-refractivity contribution is -0.145. The molecule has 1 aromatic carbocycles. The lowest BCUT2D eigenvalue weighted by atomic mass is 9.85. The van der Waals surface area contributed by atoms with Gasteiger partial charge in [0.1, 0.15) is 0 Å². The molecule has 0 radical (unpaired) electrons. The van der Waals surface area contributed by atoms with Gasteiger partial charge in [0.05, 0.1) is 11.1 Å². The van der Waals surface area contributed by atoms with Gasteiger partial charge in [0.15, 0.2) is 5.54 Å². The first-order valence-corrected chi connectivity index (χ1v) is 8.54. The monoisotopic (exact) mass is 447 g/mol. The van der Waals surface area contributed by atoms with Crippen molar-refractivity contribution in [2.24, 2.45) is 10.9 Å². The van der Waals surface area contributed by atoms with Crippen LogP contribution in [0.2, 0.25) is 0 Å². The minimum Gasteiger partial charge on any atom is -0.479 e. The molecule has 1 aromatic rings. The smallest absolute Gasteiger partial charge is 0.416 e. The van der Waals surface area contributed by atoms with Crippen LogP contribution in [-0.2, 0) is 17.1 Å². The molecule has 0 fully saturated rings. The number of carbonyl (C=O) groups is 1. The van der Waals surface area contributed by atoms with Crippen molar-refractivity contribution >= 4 is 28.1 Å². The summed E-state index contributed by atoms with van der Waals surface area (Å²) >= 11 is 3.03. The fourth-order valence-electron chi connectivity index (χ4n) is 2.20. The van der Waals surface area contributed by atoms with Crippen LogP contribution in [0.4, 0.5) is 26.3 Å². The quantitative estimate of drug-likeness (QED) is 0.360. The molecule has 10 heteroatoms. The molecule has 146 valence electrons. The van der Waals surface area contributed by atoms with Crippen LogP contribution in [0, 0.1) is 5.92 Å². The van der Waals surface area contributed by atoms with Crippen molar-refractivity contribution in [1.29, 1.82) is 0 Å². The highest BCUT2D eigenvalue weighted by Gasteiger charge is 2.42. The van der Waals surface area contributed by atoms with E-state index in [2.05, 4.69) is 20.9 Å². The van der Waals surface area contributed by atoms with Crippen LogP contribution in [0.25, 0.3) is 0 Å². The van der Waals surface area contributed by atoms with Gasteiger partial charge in [0.2, 0.25) is 0 Å². The zero-order valence-corrected chi connectivity index (χ0v) is 15.3. The van der Waals surface area contributed by atoms with Crippen molar-refractivity contribution in [3.63, 3.8) is 0 Å². The zero-order valence-electron chi connectivity index (χ0n) is 13.7. The Bertz CT molecular complexity index is 654. The highest BCUT2D eigenvalue weighted by molar-refractivity contribution is 9.09. The van der Waals surface area contributed by atoms with Crippen LogP contribution in [0.1, 0.15) is 37.0 Å². The molecule has 0 bridgehead atoms. The van der Waals surface area contributed by atoms with E-state index in [4.69, 9.17) is 0 Å². The van der Waals surface area contributed by atoms with E-state index in [9.17, 15) is 36.2 Å². The van der Waals surface area contributed by atoms with E-state index < -0.39 is 46.5 Å². The standard InChI is InChI=1S/C16H16BrF6NO2/c1-3-9(2)14(8-17,13(25)26)24-7-10-4-11(15(18,19)20)6-12(5-10)16(21,22)23/h4-7,9H,3,8H2,1-2H3,(H,25,26)/b24-7+/t9-,14?/m0/s1. The lowest BCUT2D eigenvalue weighted by Crippen LogP contribution is -2.44. The van der Waals surface area contributed by atoms with Crippen LogP contribution >= 0.6 is 15.9 Å². The maximum Gasteiger partial charge on any atom is 0.416 e. The average Bonchev–Trinajstić information content (AvgIpc) is 2.53. The van der Waals surface area contributed by atoms with Crippen LogP contribution in [0.5, 0.6) is 0 Å². The molecular weight excluding hydrogens is 432 g/mol. The molecule has 0 amide bonds. The fraction of sp³-hybridized carbons (Fsp3) is 0.500. The molecule has 0 aliphatic rings.